The van der Waals surface area contributed by atoms with E-state index >= 15 is 0 Å². The maximum Gasteiger partial charge on any atom is 0.258 e. The Hall–Kier alpha value is -2.61. The third kappa shape index (κ3) is 2.28. The van der Waals surface area contributed by atoms with Gasteiger partial charge in [0.05, 0.1) is 0 Å². The predicted molar refractivity (Wildman–Crippen MR) is 84.6 cm³/mol. The van der Waals surface area contributed by atoms with Crippen molar-refractivity contribution in [1.29, 1.82) is 0 Å². The molecule has 3 aromatic rings. The Morgan fingerprint density at radius 1 is 0.900 bits per heavy atom. The van der Waals surface area contributed by atoms with Crippen molar-refractivity contribution in [3.8, 4) is 0 Å². The van der Waals surface area contributed by atoms with Crippen molar-refractivity contribution in [2.45, 2.75) is 0 Å². The van der Waals surface area contributed by atoms with Gasteiger partial charge in [0.2, 0.25) is 0 Å². The van der Waals surface area contributed by atoms with E-state index in [4.69, 9.17) is 0 Å². The van der Waals surface area contributed by atoms with Crippen LogP contribution in [0.15, 0.2) is 65.5 Å². The molecule has 1 aromatic heterocycles. The van der Waals surface area contributed by atoms with Crippen molar-refractivity contribution in [2.75, 3.05) is 0 Å². The van der Waals surface area contributed by atoms with Crippen LogP contribution >= 0.6 is 0 Å². The Balaban J connectivity index is 2.11. The molecule has 0 N–H and O–H groups in total. The average molecular weight is 261 g/mol. The van der Waals surface area contributed by atoms with Crippen molar-refractivity contribution in [3.05, 3.63) is 82.3 Å². The molecule has 1 heterocycles. The van der Waals surface area contributed by atoms with Gasteiger partial charge in [0, 0.05) is 18.1 Å². The predicted octanol–water partition coefficient (Wildman–Crippen LogP) is 3.71. The highest BCUT2D eigenvalue weighted by Crippen LogP contribution is 2.13. The normalized spacial score (nSPS) is 11.2. The molecule has 0 aliphatic rings. The summed E-state index contributed by atoms with van der Waals surface area (Å²) < 4.78 is 1.68. The summed E-state index contributed by atoms with van der Waals surface area (Å²) in [6.07, 6.45) is 3.99. The van der Waals surface area contributed by atoms with Crippen LogP contribution < -0.4 is 5.56 Å². The van der Waals surface area contributed by atoms with Crippen LogP contribution in [0.1, 0.15) is 11.3 Å². The van der Waals surface area contributed by atoms with Crippen LogP contribution in [0.4, 0.5) is 0 Å². The van der Waals surface area contributed by atoms with E-state index in [1.807, 2.05) is 72.8 Å². The second-order valence-corrected chi connectivity index (χ2v) is 4.76. The van der Waals surface area contributed by atoms with Crippen LogP contribution in [-0.4, -0.2) is 4.57 Å². The number of benzene rings is 2. The molecule has 0 saturated carbocycles. The first-order chi connectivity index (χ1) is 9.75. The summed E-state index contributed by atoms with van der Waals surface area (Å²) in [5, 5.41) is 1.73. The van der Waals surface area contributed by atoms with Gasteiger partial charge in [-0.15, -0.1) is 0 Å². The van der Waals surface area contributed by atoms with Gasteiger partial charge in [0.25, 0.3) is 5.56 Å². The van der Waals surface area contributed by atoms with E-state index in [2.05, 4.69) is 0 Å². The van der Waals surface area contributed by atoms with Gasteiger partial charge in [-0.3, -0.25) is 4.79 Å². The topological polar surface area (TPSA) is 22.0 Å². The summed E-state index contributed by atoms with van der Waals surface area (Å²) in [5.41, 5.74) is 2.06. The Bertz CT molecular complexity index is 829. The standard InChI is InChI=1S/C18H15NO/c1-19-16(12-11-14-7-3-2-4-8-14)13-15-9-5-6-10-17(15)18(19)20/h2-13H,1H3/b12-11+. The van der Waals surface area contributed by atoms with Crippen LogP contribution in [-0.2, 0) is 7.05 Å². The zero-order valence-electron chi connectivity index (χ0n) is 11.3. The average Bonchev–Trinajstić information content (AvgIpc) is 2.50. The lowest BCUT2D eigenvalue weighted by Crippen LogP contribution is -2.18. The molecule has 0 amide bonds. The van der Waals surface area contributed by atoms with E-state index in [-0.39, 0.29) is 5.56 Å². The lowest BCUT2D eigenvalue weighted by molar-refractivity contribution is 0.861. The summed E-state index contributed by atoms with van der Waals surface area (Å²) in [4.78, 5) is 12.3. The first kappa shape index (κ1) is 12.4. The molecule has 0 saturated heterocycles. The van der Waals surface area contributed by atoms with Gasteiger partial charge >= 0.3 is 0 Å². The lowest BCUT2D eigenvalue weighted by atomic mass is 10.1. The zero-order chi connectivity index (χ0) is 13.9. The van der Waals surface area contributed by atoms with E-state index in [0.717, 1.165) is 22.0 Å². The third-order valence-corrected chi connectivity index (χ3v) is 3.43. The van der Waals surface area contributed by atoms with E-state index in [0.29, 0.717) is 0 Å². The molecular weight excluding hydrogens is 246 g/mol. The van der Waals surface area contributed by atoms with E-state index in [9.17, 15) is 4.79 Å². The van der Waals surface area contributed by atoms with Crippen molar-refractivity contribution in [1.82, 2.24) is 4.57 Å². The zero-order valence-corrected chi connectivity index (χ0v) is 11.3. The van der Waals surface area contributed by atoms with Gasteiger partial charge in [0.1, 0.15) is 0 Å². The maximum absolute atomic E-state index is 12.3. The highest BCUT2D eigenvalue weighted by Gasteiger charge is 2.03. The minimum absolute atomic E-state index is 0.0378. The number of rotatable bonds is 2. The highest BCUT2D eigenvalue weighted by molar-refractivity contribution is 5.84. The van der Waals surface area contributed by atoms with Gasteiger partial charge in [-0.2, -0.15) is 0 Å². The Kier molecular flexibility index (Phi) is 3.21. The SMILES string of the molecule is Cn1c(/C=C/c2ccccc2)cc2ccccc2c1=O. The fraction of sp³-hybridized carbons (Fsp3) is 0.0556. The molecule has 2 nitrogen and oxygen atoms in total. The van der Waals surface area contributed by atoms with Gasteiger partial charge in [-0.05, 0) is 29.2 Å². The molecule has 0 radical (unpaired) electrons. The highest BCUT2D eigenvalue weighted by atomic mass is 16.1. The molecule has 0 unspecified atom stereocenters. The van der Waals surface area contributed by atoms with Crippen LogP contribution in [0.5, 0.6) is 0 Å². The second kappa shape index (κ2) is 5.17. The minimum atomic E-state index is 0.0378. The summed E-state index contributed by atoms with van der Waals surface area (Å²) in [7, 11) is 1.80. The molecule has 98 valence electrons. The van der Waals surface area contributed by atoms with Gasteiger partial charge in [0.15, 0.2) is 0 Å². The Morgan fingerprint density at radius 2 is 1.60 bits per heavy atom. The van der Waals surface area contributed by atoms with E-state index in [1.165, 1.54) is 0 Å². The van der Waals surface area contributed by atoms with Gasteiger partial charge < -0.3 is 4.57 Å². The number of nitrogens with zero attached hydrogens (tertiary/aromatic N) is 1. The molecule has 0 aliphatic heterocycles. The van der Waals surface area contributed by atoms with Crippen molar-refractivity contribution >= 4 is 22.9 Å². The summed E-state index contributed by atoms with van der Waals surface area (Å²) in [6, 6.07) is 19.8. The van der Waals surface area contributed by atoms with Crippen LogP contribution in [0.2, 0.25) is 0 Å². The monoisotopic (exact) mass is 261 g/mol. The third-order valence-electron chi connectivity index (χ3n) is 3.43. The van der Waals surface area contributed by atoms with E-state index < -0.39 is 0 Å². The van der Waals surface area contributed by atoms with Crippen LogP contribution in [0.25, 0.3) is 22.9 Å². The molecular formula is C18H15NO. The Labute approximate surface area is 117 Å². The Morgan fingerprint density at radius 3 is 2.40 bits per heavy atom. The van der Waals surface area contributed by atoms with Gasteiger partial charge in [-0.25, -0.2) is 0 Å². The van der Waals surface area contributed by atoms with Crippen molar-refractivity contribution < 1.29 is 0 Å². The first-order valence-corrected chi connectivity index (χ1v) is 6.57. The summed E-state index contributed by atoms with van der Waals surface area (Å²) in [6.45, 7) is 0. The smallest absolute Gasteiger partial charge is 0.258 e. The molecule has 0 spiro atoms. The van der Waals surface area contributed by atoms with Crippen LogP contribution in [0.3, 0.4) is 0 Å². The molecule has 0 atom stereocenters. The summed E-state index contributed by atoms with van der Waals surface area (Å²) in [5.74, 6) is 0. The number of hydrogen-bond acceptors (Lipinski definition) is 1. The number of fused-ring (bicyclic) bond motifs is 1. The van der Waals surface area contributed by atoms with Gasteiger partial charge in [-0.1, -0.05) is 54.6 Å². The van der Waals surface area contributed by atoms with Crippen molar-refractivity contribution in [2.24, 2.45) is 7.05 Å². The molecule has 0 fully saturated rings. The fourth-order valence-corrected chi connectivity index (χ4v) is 2.28. The quantitative estimate of drug-likeness (QED) is 0.689. The maximum atomic E-state index is 12.3. The number of aromatic nitrogens is 1. The molecule has 3 rings (SSSR count). The lowest BCUT2D eigenvalue weighted by Gasteiger charge is -2.06. The second-order valence-electron chi connectivity index (χ2n) is 4.76. The summed E-state index contributed by atoms with van der Waals surface area (Å²) >= 11 is 0. The fourth-order valence-electron chi connectivity index (χ4n) is 2.28. The molecule has 2 aromatic carbocycles. The number of hydrogen-bond donors (Lipinski definition) is 0. The first-order valence-electron chi connectivity index (χ1n) is 6.57. The molecule has 20 heavy (non-hydrogen) atoms. The molecule has 0 bridgehead atoms. The number of pyridine rings is 1. The largest absolute Gasteiger partial charge is 0.311 e. The van der Waals surface area contributed by atoms with E-state index in [1.54, 1.807) is 11.6 Å². The molecule has 0 aliphatic carbocycles. The molecule has 2 heteroatoms. The van der Waals surface area contributed by atoms with Crippen LogP contribution in [0, 0.1) is 0 Å². The minimum Gasteiger partial charge on any atom is -0.311 e. The van der Waals surface area contributed by atoms with Crippen molar-refractivity contribution in [3.63, 3.8) is 0 Å².